The molecule has 0 saturated carbocycles. The number of hydrogen-bond donors (Lipinski definition) is 3. The van der Waals surface area contributed by atoms with E-state index in [4.69, 9.17) is 0 Å². The molecule has 1 aliphatic rings. The van der Waals surface area contributed by atoms with Crippen molar-refractivity contribution in [3.8, 4) is 0 Å². The molecule has 1 aromatic carbocycles. The summed E-state index contributed by atoms with van der Waals surface area (Å²) in [5.74, 6) is -3.29. The summed E-state index contributed by atoms with van der Waals surface area (Å²) in [7, 11) is 0. The maximum Gasteiger partial charge on any atom is 0.262 e. The van der Waals surface area contributed by atoms with Crippen LogP contribution in [0, 0.1) is 0 Å². The molecule has 126 valence electrons. The quantitative estimate of drug-likeness (QED) is 0.749. The fraction of sp³-hybridized carbons (Fsp3) is 0.500. The third-order valence-electron chi connectivity index (χ3n) is 3.61. The van der Waals surface area contributed by atoms with Gasteiger partial charge in [-0.2, -0.15) is 0 Å². The van der Waals surface area contributed by atoms with Crippen LogP contribution in [0.5, 0.6) is 0 Å². The average molecular weight is 325 g/mol. The van der Waals surface area contributed by atoms with Gasteiger partial charge in [-0.3, -0.25) is 14.9 Å². The van der Waals surface area contributed by atoms with Gasteiger partial charge in [-0.15, -0.1) is 0 Å². The van der Waals surface area contributed by atoms with Crippen LogP contribution in [-0.2, 0) is 16.1 Å². The number of amides is 2. The molecule has 5 nitrogen and oxygen atoms in total. The van der Waals surface area contributed by atoms with Crippen molar-refractivity contribution < 1.29 is 18.4 Å². The fourth-order valence-corrected chi connectivity index (χ4v) is 2.37. The first-order valence-corrected chi connectivity index (χ1v) is 7.67. The monoisotopic (exact) mass is 325 g/mol. The number of rotatable bonds is 6. The van der Waals surface area contributed by atoms with Crippen LogP contribution in [-0.4, -0.2) is 30.3 Å². The van der Waals surface area contributed by atoms with E-state index in [1.807, 2.05) is 6.92 Å². The molecule has 1 aliphatic heterocycles. The van der Waals surface area contributed by atoms with E-state index in [-0.39, 0.29) is 12.5 Å². The maximum absolute atomic E-state index is 13.0. The molecule has 1 fully saturated rings. The molecular weight excluding hydrogens is 304 g/mol. The number of halogens is 2. The number of benzene rings is 1. The zero-order valence-corrected chi connectivity index (χ0v) is 13.0. The van der Waals surface area contributed by atoms with Crippen LogP contribution < -0.4 is 16.0 Å². The van der Waals surface area contributed by atoms with Gasteiger partial charge in [0.15, 0.2) is 0 Å². The van der Waals surface area contributed by atoms with E-state index in [2.05, 4.69) is 16.0 Å². The largest absolute Gasteiger partial charge is 0.351 e. The van der Waals surface area contributed by atoms with E-state index in [1.165, 1.54) is 0 Å². The summed E-state index contributed by atoms with van der Waals surface area (Å²) >= 11 is 0. The number of nitrogens with one attached hydrogen (secondary N) is 3. The standard InChI is InChI=1S/C16H21F2N3O2/c1-2-3-14(22)21-12-6-4-11(5-7-12)9-19-15(23)13-8-16(17,18)10-20-13/h4-7,13,20H,2-3,8-10H2,1H3,(H,19,23)(H,21,22). The van der Waals surface area contributed by atoms with Crippen LogP contribution >= 0.6 is 0 Å². The van der Waals surface area contributed by atoms with E-state index >= 15 is 0 Å². The third kappa shape index (κ3) is 5.28. The van der Waals surface area contributed by atoms with Crippen LogP contribution in [0.1, 0.15) is 31.7 Å². The second kappa shape index (κ2) is 7.50. The molecule has 1 unspecified atom stereocenters. The van der Waals surface area contributed by atoms with Gasteiger partial charge >= 0.3 is 0 Å². The molecule has 1 saturated heterocycles. The minimum Gasteiger partial charge on any atom is -0.351 e. The normalized spacial score (nSPS) is 19.3. The molecule has 0 spiro atoms. The first kappa shape index (κ1) is 17.3. The van der Waals surface area contributed by atoms with Crippen LogP contribution in [0.15, 0.2) is 24.3 Å². The fourth-order valence-electron chi connectivity index (χ4n) is 2.37. The van der Waals surface area contributed by atoms with Crippen molar-refractivity contribution in [2.75, 3.05) is 11.9 Å². The van der Waals surface area contributed by atoms with E-state index in [9.17, 15) is 18.4 Å². The number of carbonyl (C=O) groups excluding carboxylic acids is 2. The van der Waals surface area contributed by atoms with Crippen LogP contribution in [0.25, 0.3) is 0 Å². The zero-order chi connectivity index (χ0) is 16.9. The van der Waals surface area contributed by atoms with E-state index in [1.54, 1.807) is 24.3 Å². The molecule has 0 aliphatic carbocycles. The molecular formula is C16H21F2N3O2. The number of anilines is 1. The first-order chi connectivity index (χ1) is 10.9. The Labute approximate surface area is 133 Å². The second-order valence-electron chi connectivity index (χ2n) is 5.71. The van der Waals surface area contributed by atoms with Gasteiger partial charge in [0.2, 0.25) is 11.8 Å². The van der Waals surface area contributed by atoms with Crippen molar-refractivity contribution in [3.05, 3.63) is 29.8 Å². The van der Waals surface area contributed by atoms with Crippen molar-refractivity contribution in [1.82, 2.24) is 10.6 Å². The van der Waals surface area contributed by atoms with Gasteiger partial charge in [-0.25, -0.2) is 8.78 Å². The van der Waals surface area contributed by atoms with Gasteiger partial charge in [-0.05, 0) is 24.1 Å². The van der Waals surface area contributed by atoms with E-state index in [0.29, 0.717) is 12.1 Å². The summed E-state index contributed by atoms with van der Waals surface area (Å²) in [4.78, 5) is 23.3. The summed E-state index contributed by atoms with van der Waals surface area (Å²) in [6.45, 7) is 1.73. The summed E-state index contributed by atoms with van der Waals surface area (Å²) < 4.78 is 26.1. The molecule has 2 rings (SSSR count). The minimum atomic E-state index is -2.82. The molecule has 1 aromatic rings. The van der Waals surface area contributed by atoms with Crippen molar-refractivity contribution in [3.63, 3.8) is 0 Å². The van der Waals surface area contributed by atoms with Crippen molar-refractivity contribution in [2.45, 2.75) is 44.7 Å². The highest BCUT2D eigenvalue weighted by atomic mass is 19.3. The number of hydrogen-bond acceptors (Lipinski definition) is 3. The lowest BCUT2D eigenvalue weighted by Crippen LogP contribution is -2.40. The first-order valence-electron chi connectivity index (χ1n) is 7.67. The Morgan fingerprint density at radius 3 is 2.57 bits per heavy atom. The van der Waals surface area contributed by atoms with Gasteiger partial charge in [-0.1, -0.05) is 19.1 Å². The van der Waals surface area contributed by atoms with Gasteiger partial charge in [0.05, 0.1) is 12.6 Å². The summed E-state index contributed by atoms with van der Waals surface area (Å²) in [6, 6.07) is 6.20. The van der Waals surface area contributed by atoms with Gasteiger partial charge < -0.3 is 10.6 Å². The van der Waals surface area contributed by atoms with Crippen LogP contribution in [0.3, 0.4) is 0 Å². The van der Waals surface area contributed by atoms with Crippen LogP contribution in [0.4, 0.5) is 14.5 Å². The molecule has 2 amide bonds. The lowest BCUT2D eigenvalue weighted by atomic mass is 10.1. The molecule has 0 aromatic heterocycles. The third-order valence-corrected chi connectivity index (χ3v) is 3.61. The topological polar surface area (TPSA) is 70.2 Å². The van der Waals surface area contributed by atoms with E-state index < -0.39 is 30.8 Å². The highest BCUT2D eigenvalue weighted by Crippen LogP contribution is 2.25. The van der Waals surface area contributed by atoms with Gasteiger partial charge in [0.25, 0.3) is 5.92 Å². The van der Waals surface area contributed by atoms with E-state index in [0.717, 1.165) is 12.0 Å². The number of alkyl halides is 2. The van der Waals surface area contributed by atoms with Crippen LogP contribution in [0.2, 0.25) is 0 Å². The lowest BCUT2D eigenvalue weighted by molar-refractivity contribution is -0.123. The molecule has 1 atom stereocenters. The Hall–Kier alpha value is -2.02. The predicted molar refractivity (Wildman–Crippen MR) is 83.2 cm³/mol. The Balaban J connectivity index is 1.80. The number of carbonyl (C=O) groups is 2. The lowest BCUT2D eigenvalue weighted by Gasteiger charge is -2.11. The maximum atomic E-state index is 13.0. The SMILES string of the molecule is CCCC(=O)Nc1ccc(CNC(=O)C2CC(F)(F)CN2)cc1. The predicted octanol–water partition coefficient (Wildman–Crippen LogP) is 2.04. The van der Waals surface area contributed by atoms with Gasteiger partial charge in [0.1, 0.15) is 0 Å². The Bertz CT molecular complexity index is 561. The summed E-state index contributed by atoms with van der Waals surface area (Å²) in [6.07, 6.45) is 0.780. The average Bonchev–Trinajstić information content (AvgIpc) is 2.87. The van der Waals surface area contributed by atoms with Gasteiger partial charge in [0, 0.05) is 25.1 Å². The molecule has 1 heterocycles. The highest BCUT2D eigenvalue weighted by molar-refractivity contribution is 5.90. The molecule has 7 heteroatoms. The van der Waals surface area contributed by atoms with Crippen molar-refractivity contribution >= 4 is 17.5 Å². The molecule has 3 N–H and O–H groups in total. The molecule has 23 heavy (non-hydrogen) atoms. The smallest absolute Gasteiger partial charge is 0.262 e. The second-order valence-corrected chi connectivity index (χ2v) is 5.71. The molecule has 0 radical (unpaired) electrons. The zero-order valence-electron chi connectivity index (χ0n) is 13.0. The molecule has 0 bridgehead atoms. The van der Waals surface area contributed by atoms with Crippen molar-refractivity contribution in [1.29, 1.82) is 0 Å². The van der Waals surface area contributed by atoms with Crippen molar-refractivity contribution in [2.24, 2.45) is 0 Å². The minimum absolute atomic E-state index is 0.0400. The Morgan fingerprint density at radius 1 is 1.30 bits per heavy atom. The summed E-state index contributed by atoms with van der Waals surface area (Å²) in [5, 5.41) is 7.92. The highest BCUT2D eigenvalue weighted by Gasteiger charge is 2.42. The Kier molecular flexibility index (Phi) is 5.65. The Morgan fingerprint density at radius 2 is 2.00 bits per heavy atom. The summed E-state index contributed by atoms with van der Waals surface area (Å²) in [5.41, 5.74) is 1.52.